The number of fused-ring (bicyclic) bond motifs is 2. The van der Waals surface area contributed by atoms with Crippen molar-refractivity contribution in [2.75, 3.05) is 23.0 Å². The van der Waals surface area contributed by atoms with E-state index in [0.29, 0.717) is 46.0 Å². The number of nitrogens with one attached hydrogen (secondary N) is 2. The van der Waals surface area contributed by atoms with E-state index in [1.54, 1.807) is 47.5 Å². The van der Waals surface area contributed by atoms with Crippen molar-refractivity contribution in [3.05, 3.63) is 83.7 Å². The summed E-state index contributed by atoms with van der Waals surface area (Å²) in [6, 6.07) is 15.1. The lowest BCUT2D eigenvalue weighted by Crippen LogP contribution is -2.63. The summed E-state index contributed by atoms with van der Waals surface area (Å²) < 4.78 is 115. The molecule has 2 aliphatic heterocycles. The summed E-state index contributed by atoms with van der Waals surface area (Å²) in [5, 5.41) is 36.0. The number of hydrogen-bond donors (Lipinski definition) is 3. The van der Waals surface area contributed by atoms with E-state index >= 15 is 0 Å². The van der Waals surface area contributed by atoms with Gasteiger partial charge in [0.15, 0.2) is 19.7 Å². The summed E-state index contributed by atoms with van der Waals surface area (Å²) in [6.07, 6.45) is 3.00. The average Bonchev–Trinajstić information content (AvgIpc) is 3.80. The van der Waals surface area contributed by atoms with Crippen molar-refractivity contribution in [2.24, 2.45) is 5.41 Å². The Kier molecular flexibility index (Phi) is 11.2. The lowest BCUT2D eigenvalue weighted by atomic mass is 9.63. The van der Waals surface area contributed by atoms with E-state index in [4.69, 9.17) is 14.9 Å². The summed E-state index contributed by atoms with van der Waals surface area (Å²) in [5.74, 6) is -2.39. The first-order chi connectivity index (χ1) is 33.0. The third-order valence-corrected chi connectivity index (χ3v) is 17.6. The molecule has 4 aliphatic rings. The number of aliphatic hydroxyl groups is 1. The van der Waals surface area contributed by atoms with E-state index in [9.17, 15) is 54.4 Å². The predicted molar refractivity (Wildman–Crippen MR) is 243 cm³/mol. The fourth-order valence-corrected chi connectivity index (χ4v) is 14.2. The second-order valence-corrected chi connectivity index (χ2v) is 23.5. The number of pyridine rings is 2. The highest BCUT2D eigenvalue weighted by Gasteiger charge is 2.49. The minimum Gasteiger partial charge on any atom is -0.435 e. The minimum atomic E-state index is -3.29. The van der Waals surface area contributed by atoms with Crippen LogP contribution in [0.25, 0.3) is 44.6 Å². The maximum absolute atomic E-state index is 14.2. The Morgan fingerprint density at radius 2 is 1.29 bits per heavy atom. The van der Waals surface area contributed by atoms with Gasteiger partial charge in [0.2, 0.25) is 0 Å². The second-order valence-electron chi connectivity index (χ2n) is 19.4. The molecule has 0 spiro atoms. The molecule has 0 atom stereocenters. The van der Waals surface area contributed by atoms with Crippen LogP contribution in [0.1, 0.15) is 77.9 Å². The maximum atomic E-state index is 14.2. The summed E-state index contributed by atoms with van der Waals surface area (Å²) in [5.41, 5.74) is 0.0252. The number of amides is 2. The Balaban J connectivity index is 0.951. The highest BCUT2D eigenvalue weighted by Crippen LogP contribution is 2.52. The van der Waals surface area contributed by atoms with Gasteiger partial charge in [0.05, 0.1) is 85.9 Å². The number of benzene rings is 2. The molecule has 0 unspecified atom stereocenters. The van der Waals surface area contributed by atoms with Gasteiger partial charge in [0.25, 0.3) is 11.8 Å². The minimum absolute atomic E-state index is 0.0408. The molecule has 0 bridgehead atoms. The topological polar surface area (TPSA) is 250 Å². The van der Waals surface area contributed by atoms with Crippen LogP contribution in [0.15, 0.2) is 67.0 Å². The molecular formula is C46H43F4N9O9S2. The standard InChI is InChI=1S/C46H43F4N9O9S2/c1-44(20-69(63,64)21-44)54-40(61)27-9-33-38(52-17-27)37(56-58(33)29-12-31(60)13-29)25-6-7-26(35(11-25)68-43(49)50)14-46(19-51)15-30(16-46)59-34-10-28(41(62)55-45(2)22-70(65,66)23-45)18-53-39(34)36(57-59)24-4-3-5-32(8-24)67-42(47)48/h3-11,17-18,29-31,42-43,60H,12-16,20-23H2,1-2H3,(H,54,61)(H,55,62). The Morgan fingerprint density at radius 3 is 1.77 bits per heavy atom. The van der Waals surface area contributed by atoms with Crippen LogP contribution in [-0.4, -0.2) is 117 Å². The zero-order valence-electron chi connectivity index (χ0n) is 37.3. The van der Waals surface area contributed by atoms with Crippen LogP contribution in [0.5, 0.6) is 11.5 Å². The van der Waals surface area contributed by atoms with Crippen LogP contribution in [0.2, 0.25) is 0 Å². The number of carbonyl (C=O) groups is 2. The number of halogens is 4. The molecule has 366 valence electrons. The van der Waals surface area contributed by atoms with Crippen LogP contribution in [0.3, 0.4) is 0 Å². The van der Waals surface area contributed by atoms with Crippen molar-refractivity contribution >= 4 is 53.6 Å². The quantitative estimate of drug-likeness (QED) is 0.117. The lowest BCUT2D eigenvalue weighted by molar-refractivity contribution is -0.0511. The molecule has 4 aromatic heterocycles. The number of hydrogen-bond acceptors (Lipinski definition) is 14. The summed E-state index contributed by atoms with van der Waals surface area (Å²) in [4.78, 5) is 35.9. The molecular weight excluding hydrogens is 963 g/mol. The van der Waals surface area contributed by atoms with E-state index in [0.717, 1.165) is 0 Å². The number of aliphatic hydroxyl groups excluding tert-OH is 1. The van der Waals surface area contributed by atoms with Crippen molar-refractivity contribution < 1.29 is 58.6 Å². The summed E-state index contributed by atoms with van der Waals surface area (Å²) >= 11 is 0. The first kappa shape index (κ1) is 47.0. The van der Waals surface area contributed by atoms with Gasteiger partial charge >= 0.3 is 13.2 Å². The number of rotatable bonds is 14. The fourth-order valence-electron chi connectivity index (χ4n) is 10.2. The number of nitriles is 1. The molecule has 6 heterocycles. The van der Waals surface area contributed by atoms with E-state index < -0.39 is 73.4 Å². The zero-order valence-corrected chi connectivity index (χ0v) is 38.9. The number of carbonyl (C=O) groups excluding carboxylic acids is 2. The first-order valence-corrected chi connectivity index (χ1v) is 25.7. The van der Waals surface area contributed by atoms with Gasteiger partial charge in [-0.15, -0.1) is 0 Å². The smallest absolute Gasteiger partial charge is 0.387 e. The van der Waals surface area contributed by atoms with Crippen molar-refractivity contribution in [1.82, 2.24) is 40.2 Å². The summed E-state index contributed by atoms with van der Waals surface area (Å²) in [7, 11) is -6.55. The third-order valence-electron chi connectivity index (χ3n) is 13.3. The number of ether oxygens (including phenoxy) is 2. The van der Waals surface area contributed by atoms with Crippen LogP contribution in [0.4, 0.5) is 17.6 Å². The third kappa shape index (κ3) is 8.89. The zero-order chi connectivity index (χ0) is 49.7. The molecule has 0 radical (unpaired) electrons. The van der Waals surface area contributed by atoms with E-state index in [1.807, 2.05) is 0 Å². The molecule has 24 heteroatoms. The molecule has 6 aromatic rings. The molecule has 2 saturated carbocycles. The van der Waals surface area contributed by atoms with Crippen LogP contribution >= 0.6 is 0 Å². The van der Waals surface area contributed by atoms with Gasteiger partial charge in [-0.2, -0.15) is 33.0 Å². The van der Waals surface area contributed by atoms with Gasteiger partial charge in [0.1, 0.15) is 33.9 Å². The Morgan fingerprint density at radius 1 is 0.771 bits per heavy atom. The monoisotopic (exact) mass is 1010 g/mol. The van der Waals surface area contributed by atoms with E-state index in [1.165, 1.54) is 42.7 Å². The number of sulfone groups is 2. The average molecular weight is 1010 g/mol. The van der Waals surface area contributed by atoms with Gasteiger partial charge in [0, 0.05) is 23.5 Å². The van der Waals surface area contributed by atoms with Gasteiger partial charge < -0.3 is 25.2 Å². The van der Waals surface area contributed by atoms with Crippen LogP contribution < -0.4 is 20.1 Å². The van der Waals surface area contributed by atoms with Crippen molar-refractivity contribution in [1.29, 1.82) is 5.26 Å². The number of nitrogens with zero attached hydrogens (tertiary/aromatic N) is 7. The predicted octanol–water partition coefficient (Wildman–Crippen LogP) is 5.33. The maximum Gasteiger partial charge on any atom is 0.387 e. The molecule has 3 N–H and O–H groups in total. The molecule has 4 fully saturated rings. The van der Waals surface area contributed by atoms with E-state index in [2.05, 4.69) is 31.4 Å². The molecule has 70 heavy (non-hydrogen) atoms. The Hall–Kier alpha value is -6.71. The molecule has 2 aromatic carbocycles. The van der Waals surface area contributed by atoms with Crippen LogP contribution in [-0.2, 0) is 26.1 Å². The highest BCUT2D eigenvalue weighted by molar-refractivity contribution is 7.93. The Labute approximate surface area is 396 Å². The molecule has 2 aliphatic carbocycles. The normalized spacial score (nSPS) is 23.6. The number of alkyl halides is 4. The summed E-state index contributed by atoms with van der Waals surface area (Å²) in [6.45, 7) is -3.11. The molecule has 18 nitrogen and oxygen atoms in total. The van der Waals surface area contributed by atoms with Crippen LogP contribution in [0, 0.1) is 16.7 Å². The molecule has 2 saturated heterocycles. The van der Waals surface area contributed by atoms with E-state index in [-0.39, 0.29) is 87.9 Å². The first-order valence-electron chi connectivity index (χ1n) is 22.1. The SMILES string of the molecule is CC1(NC(=O)c2cnc3c(-c4ccc(CC5(C#N)CC(n6nc(-c7cccc(OC(F)F)c7)c7ncc(C(=O)NC8(C)CS(=O)(=O)C8)cc76)C5)c(OC(F)F)c4)nn(C4CC(O)C4)c3c2)CS(=O)(=O)C1. The highest BCUT2D eigenvalue weighted by atomic mass is 32.2. The van der Waals surface area contributed by atoms with Gasteiger partial charge in [-0.25, -0.2) is 16.8 Å². The Bertz CT molecular complexity index is 3400. The molecule has 2 amide bonds. The van der Waals surface area contributed by atoms with Gasteiger partial charge in [-0.3, -0.25) is 28.9 Å². The fraction of sp³-hybridized carbons (Fsp3) is 0.413. The van der Waals surface area contributed by atoms with Gasteiger partial charge in [-0.1, -0.05) is 24.3 Å². The van der Waals surface area contributed by atoms with Crippen molar-refractivity contribution in [2.45, 2.75) is 88.4 Å². The van der Waals surface area contributed by atoms with Crippen molar-refractivity contribution in [3.63, 3.8) is 0 Å². The largest absolute Gasteiger partial charge is 0.435 e. The lowest BCUT2D eigenvalue weighted by Gasteiger charge is -2.43. The molecule has 10 rings (SSSR count). The van der Waals surface area contributed by atoms with Crippen molar-refractivity contribution in [3.8, 4) is 40.1 Å². The van der Waals surface area contributed by atoms with Gasteiger partial charge in [-0.05, 0) is 81.8 Å². The number of aromatic nitrogens is 6. The second kappa shape index (κ2) is 16.7.